The molecule has 1 aliphatic rings. The molecule has 4 heteroatoms. The average molecular weight is 356 g/mol. The zero-order valence-electron chi connectivity index (χ0n) is 13.6. The van der Waals surface area contributed by atoms with Crippen LogP contribution in [0.15, 0.2) is 10.7 Å². The Bertz CT molecular complexity index is 408. The van der Waals surface area contributed by atoms with Gasteiger partial charge in [0.2, 0.25) is 0 Å². The maximum absolute atomic E-state index is 4.58. The Morgan fingerprint density at radius 3 is 2.57 bits per heavy atom. The second-order valence-electron chi connectivity index (χ2n) is 6.28. The first-order valence-electron chi connectivity index (χ1n) is 8.72. The summed E-state index contributed by atoms with van der Waals surface area (Å²) in [4.78, 5) is 0. The van der Waals surface area contributed by atoms with E-state index >= 15 is 0 Å². The van der Waals surface area contributed by atoms with E-state index in [-0.39, 0.29) is 0 Å². The summed E-state index contributed by atoms with van der Waals surface area (Å²) >= 11 is 3.74. The van der Waals surface area contributed by atoms with Gasteiger partial charge in [-0.3, -0.25) is 4.68 Å². The van der Waals surface area contributed by atoms with Crippen LogP contribution in [0.2, 0.25) is 0 Å². The molecular weight excluding hydrogens is 326 g/mol. The van der Waals surface area contributed by atoms with E-state index in [0.717, 1.165) is 25.4 Å². The van der Waals surface area contributed by atoms with Crippen LogP contribution in [0.4, 0.5) is 0 Å². The monoisotopic (exact) mass is 355 g/mol. The van der Waals surface area contributed by atoms with Crippen LogP contribution < -0.4 is 5.32 Å². The Kier molecular flexibility index (Phi) is 7.24. The van der Waals surface area contributed by atoms with E-state index in [1.54, 1.807) is 0 Å². The lowest BCUT2D eigenvalue weighted by Gasteiger charge is -2.28. The third-order valence-corrected chi connectivity index (χ3v) is 5.16. The predicted octanol–water partition coefficient (Wildman–Crippen LogP) is 5.07. The maximum atomic E-state index is 4.58. The molecule has 1 unspecified atom stereocenters. The zero-order valence-corrected chi connectivity index (χ0v) is 15.2. The Hall–Kier alpha value is -0.350. The van der Waals surface area contributed by atoms with E-state index in [1.165, 1.54) is 55.1 Å². The van der Waals surface area contributed by atoms with Gasteiger partial charge in [-0.1, -0.05) is 39.5 Å². The highest BCUT2D eigenvalue weighted by Gasteiger charge is 2.28. The average Bonchev–Trinajstić information content (AvgIpc) is 2.70. The molecule has 0 spiro atoms. The molecule has 3 nitrogen and oxygen atoms in total. The molecule has 1 aliphatic carbocycles. The zero-order chi connectivity index (χ0) is 15.1. The van der Waals surface area contributed by atoms with Crippen LogP contribution in [0.1, 0.15) is 76.9 Å². The maximum Gasteiger partial charge on any atom is 0.0698 e. The predicted molar refractivity (Wildman–Crippen MR) is 92.4 cm³/mol. The molecule has 0 radical (unpaired) electrons. The molecule has 21 heavy (non-hydrogen) atoms. The number of rotatable bonds is 7. The van der Waals surface area contributed by atoms with Crippen molar-refractivity contribution in [2.45, 2.75) is 77.8 Å². The molecule has 0 amide bonds. The molecule has 0 aromatic carbocycles. The molecule has 1 atom stereocenters. The fourth-order valence-electron chi connectivity index (χ4n) is 3.50. The number of aryl methyl sites for hydroxylation is 1. The van der Waals surface area contributed by atoms with Crippen molar-refractivity contribution in [3.63, 3.8) is 0 Å². The summed E-state index contributed by atoms with van der Waals surface area (Å²) in [5, 5.41) is 8.40. The van der Waals surface area contributed by atoms with Gasteiger partial charge in [-0.25, -0.2) is 0 Å². The first-order chi connectivity index (χ1) is 10.3. The number of aromatic nitrogens is 2. The molecule has 1 heterocycles. The minimum atomic E-state index is 0.450. The SMILES string of the molecule is CCCNC(c1c(Br)cnn1CCC)C1CCCCCC1. The van der Waals surface area contributed by atoms with E-state index < -0.39 is 0 Å². The van der Waals surface area contributed by atoms with Gasteiger partial charge in [-0.15, -0.1) is 0 Å². The van der Waals surface area contributed by atoms with Crippen molar-refractivity contribution in [3.8, 4) is 0 Å². The number of hydrogen-bond acceptors (Lipinski definition) is 2. The lowest BCUT2D eigenvalue weighted by molar-refractivity contribution is 0.307. The van der Waals surface area contributed by atoms with Gasteiger partial charge in [0, 0.05) is 6.54 Å². The first kappa shape index (κ1) is 17.0. The van der Waals surface area contributed by atoms with E-state index in [4.69, 9.17) is 0 Å². The van der Waals surface area contributed by atoms with Crippen LogP contribution >= 0.6 is 15.9 Å². The Balaban J connectivity index is 2.23. The number of nitrogens with one attached hydrogen (secondary N) is 1. The van der Waals surface area contributed by atoms with Gasteiger partial charge >= 0.3 is 0 Å². The van der Waals surface area contributed by atoms with Crippen molar-refractivity contribution in [2.75, 3.05) is 6.54 Å². The summed E-state index contributed by atoms with van der Waals surface area (Å²) < 4.78 is 3.39. The van der Waals surface area contributed by atoms with Gasteiger partial charge in [0.1, 0.15) is 0 Å². The fraction of sp³-hybridized carbons (Fsp3) is 0.824. The second-order valence-corrected chi connectivity index (χ2v) is 7.14. The third kappa shape index (κ3) is 4.56. The van der Waals surface area contributed by atoms with Crippen molar-refractivity contribution in [1.29, 1.82) is 0 Å². The van der Waals surface area contributed by atoms with Crippen LogP contribution in [0.3, 0.4) is 0 Å². The molecular formula is C17H30BrN3. The van der Waals surface area contributed by atoms with Crippen molar-refractivity contribution in [1.82, 2.24) is 15.1 Å². The van der Waals surface area contributed by atoms with Gasteiger partial charge in [-0.2, -0.15) is 5.10 Å². The quantitative estimate of drug-likeness (QED) is 0.692. The Morgan fingerprint density at radius 2 is 1.95 bits per heavy atom. The van der Waals surface area contributed by atoms with Crippen LogP contribution in [-0.2, 0) is 6.54 Å². The summed E-state index contributed by atoms with van der Waals surface area (Å²) in [5.41, 5.74) is 1.37. The van der Waals surface area contributed by atoms with Gasteiger partial charge in [0.05, 0.1) is 22.4 Å². The number of halogens is 1. The molecule has 1 fully saturated rings. The van der Waals surface area contributed by atoms with Crippen LogP contribution in [0, 0.1) is 5.92 Å². The molecule has 0 saturated heterocycles. The van der Waals surface area contributed by atoms with Gasteiger partial charge in [-0.05, 0) is 54.1 Å². The summed E-state index contributed by atoms with van der Waals surface area (Å²) in [6.45, 7) is 6.57. The van der Waals surface area contributed by atoms with Gasteiger partial charge in [0.15, 0.2) is 0 Å². The lowest BCUT2D eigenvalue weighted by atomic mass is 9.89. The number of nitrogens with zero attached hydrogens (tertiary/aromatic N) is 2. The summed E-state index contributed by atoms with van der Waals surface area (Å²) in [6.07, 6.45) is 12.6. The molecule has 1 saturated carbocycles. The smallest absolute Gasteiger partial charge is 0.0698 e. The molecule has 1 aromatic rings. The summed E-state index contributed by atoms with van der Waals surface area (Å²) in [6, 6.07) is 0.450. The Morgan fingerprint density at radius 1 is 1.24 bits per heavy atom. The molecule has 1 N–H and O–H groups in total. The highest BCUT2D eigenvalue weighted by Crippen LogP contribution is 2.36. The molecule has 0 aliphatic heterocycles. The Labute approximate surface area is 138 Å². The standard InChI is InChI=1S/C17H30BrN3/c1-3-11-19-16(14-9-7-5-6-8-10-14)17-15(18)13-20-21(17)12-4-2/h13-14,16,19H,3-12H2,1-2H3. The lowest BCUT2D eigenvalue weighted by Crippen LogP contribution is -2.31. The van der Waals surface area contributed by atoms with Crippen molar-refractivity contribution >= 4 is 15.9 Å². The fourth-order valence-corrected chi connectivity index (χ4v) is 4.04. The summed E-state index contributed by atoms with van der Waals surface area (Å²) in [7, 11) is 0. The molecule has 1 aromatic heterocycles. The molecule has 0 bridgehead atoms. The van der Waals surface area contributed by atoms with E-state index in [9.17, 15) is 0 Å². The normalized spacial score (nSPS) is 18.6. The topological polar surface area (TPSA) is 29.9 Å². The number of hydrogen-bond donors (Lipinski definition) is 1. The highest BCUT2D eigenvalue weighted by atomic mass is 79.9. The van der Waals surface area contributed by atoms with Crippen molar-refractivity contribution in [2.24, 2.45) is 5.92 Å². The van der Waals surface area contributed by atoms with Crippen LogP contribution in [-0.4, -0.2) is 16.3 Å². The summed E-state index contributed by atoms with van der Waals surface area (Å²) in [5.74, 6) is 0.752. The third-order valence-electron chi connectivity index (χ3n) is 4.55. The van der Waals surface area contributed by atoms with E-state index in [1.807, 2.05) is 6.20 Å². The van der Waals surface area contributed by atoms with Gasteiger partial charge in [0.25, 0.3) is 0 Å². The van der Waals surface area contributed by atoms with Crippen molar-refractivity contribution in [3.05, 3.63) is 16.4 Å². The van der Waals surface area contributed by atoms with Crippen molar-refractivity contribution < 1.29 is 0 Å². The van der Waals surface area contributed by atoms with E-state index in [2.05, 4.69) is 44.9 Å². The largest absolute Gasteiger partial charge is 0.308 e. The second kappa shape index (κ2) is 8.94. The first-order valence-corrected chi connectivity index (χ1v) is 9.51. The molecule has 2 rings (SSSR count). The minimum Gasteiger partial charge on any atom is -0.308 e. The highest BCUT2D eigenvalue weighted by molar-refractivity contribution is 9.10. The van der Waals surface area contributed by atoms with Crippen LogP contribution in [0.5, 0.6) is 0 Å². The van der Waals surface area contributed by atoms with Gasteiger partial charge < -0.3 is 5.32 Å². The van der Waals surface area contributed by atoms with Crippen LogP contribution in [0.25, 0.3) is 0 Å². The minimum absolute atomic E-state index is 0.450. The van der Waals surface area contributed by atoms with E-state index in [0.29, 0.717) is 6.04 Å². The molecule has 120 valence electrons.